The molecule has 0 spiro atoms. The van der Waals surface area contributed by atoms with Crippen LogP contribution in [0.2, 0.25) is 0 Å². The summed E-state index contributed by atoms with van der Waals surface area (Å²) in [6.45, 7) is 2.39. The van der Waals surface area contributed by atoms with E-state index in [1.807, 2.05) is 0 Å². The van der Waals surface area contributed by atoms with Crippen LogP contribution >= 0.6 is 0 Å². The van der Waals surface area contributed by atoms with Crippen molar-refractivity contribution in [1.29, 1.82) is 0 Å². The molecule has 0 fully saturated rings. The summed E-state index contributed by atoms with van der Waals surface area (Å²) in [7, 11) is 0. The quantitative estimate of drug-likeness (QED) is 0.178. The molecule has 1 heterocycles. The Morgan fingerprint density at radius 3 is 1.54 bits per heavy atom. The second-order valence-electron chi connectivity index (χ2n) is 14.1. The van der Waals surface area contributed by atoms with E-state index in [1.54, 1.807) is 0 Å². The van der Waals surface area contributed by atoms with Crippen LogP contribution in [0.25, 0.3) is 33.4 Å². The molecule has 1 heteroatoms. The maximum Gasteiger partial charge on any atom is 0.132 e. The number of ether oxygens (including phenoxy) is 1. The van der Waals surface area contributed by atoms with Gasteiger partial charge in [-0.3, -0.25) is 0 Å². The molecule has 0 saturated carbocycles. The van der Waals surface area contributed by atoms with Gasteiger partial charge in [0.25, 0.3) is 0 Å². The average Bonchev–Trinajstić information content (AvgIpc) is 3.49. The van der Waals surface area contributed by atoms with Gasteiger partial charge in [-0.2, -0.15) is 0 Å². The molecule has 0 N–H and O–H groups in total. The monoisotopic (exact) mass is 664 g/mol. The van der Waals surface area contributed by atoms with Crippen molar-refractivity contribution >= 4 is 0 Å². The SMILES string of the molecule is CC1(c2ccccc2)c2ccccc2-c2c(-c3ccccc3-c3ccc4c(c3)C(c3ccccc3)(c3ccccc3)c3ccccc3O4)cccc21. The molecule has 246 valence electrons. The van der Waals surface area contributed by atoms with Crippen LogP contribution in [0.4, 0.5) is 0 Å². The van der Waals surface area contributed by atoms with Gasteiger partial charge in [-0.1, -0.05) is 182 Å². The molecule has 10 rings (SSSR count). The topological polar surface area (TPSA) is 9.23 Å². The molecular formula is C51H36O. The Morgan fingerprint density at radius 1 is 0.346 bits per heavy atom. The van der Waals surface area contributed by atoms with Crippen LogP contribution in [0.3, 0.4) is 0 Å². The molecule has 0 amide bonds. The van der Waals surface area contributed by atoms with Gasteiger partial charge < -0.3 is 4.74 Å². The minimum absolute atomic E-state index is 0.264. The fraction of sp³-hybridized carbons (Fsp3) is 0.0588. The van der Waals surface area contributed by atoms with Gasteiger partial charge in [-0.05, 0) is 86.3 Å². The molecule has 0 saturated heterocycles. The van der Waals surface area contributed by atoms with Crippen molar-refractivity contribution in [2.24, 2.45) is 0 Å². The number of benzene rings is 8. The summed E-state index contributed by atoms with van der Waals surface area (Å²) < 4.78 is 6.75. The molecule has 1 nitrogen and oxygen atoms in total. The molecule has 0 aromatic heterocycles. The standard InChI is InChI=1S/C51H36O/c1-50(36-18-5-2-6-19-36)43-28-14-13-26-42(43)49-41(27-17-30-45(49)50)40-25-12-11-24-39(40)35-32-33-48-46(34-35)51(37-20-7-3-8-21-37,38-22-9-4-10-23-38)44-29-15-16-31-47(44)52-48/h2-34H,1H3. The van der Waals surface area contributed by atoms with Crippen molar-refractivity contribution in [3.63, 3.8) is 0 Å². The third-order valence-corrected chi connectivity index (χ3v) is 11.5. The summed E-state index contributed by atoms with van der Waals surface area (Å²) >= 11 is 0. The molecule has 1 aliphatic carbocycles. The molecule has 0 bridgehead atoms. The predicted octanol–water partition coefficient (Wildman–Crippen LogP) is 12.8. The molecule has 52 heavy (non-hydrogen) atoms. The number of hydrogen-bond donors (Lipinski definition) is 0. The van der Waals surface area contributed by atoms with Gasteiger partial charge >= 0.3 is 0 Å². The van der Waals surface area contributed by atoms with Gasteiger partial charge in [-0.15, -0.1) is 0 Å². The number of rotatable bonds is 5. The number of para-hydroxylation sites is 1. The highest BCUT2D eigenvalue weighted by molar-refractivity contribution is 5.98. The van der Waals surface area contributed by atoms with E-state index in [0.717, 1.165) is 28.2 Å². The van der Waals surface area contributed by atoms with Crippen LogP contribution in [0, 0.1) is 0 Å². The first-order valence-corrected chi connectivity index (χ1v) is 18.1. The van der Waals surface area contributed by atoms with Crippen LogP contribution in [0.1, 0.15) is 45.9 Å². The summed E-state index contributed by atoms with van der Waals surface area (Å²) in [6, 6.07) is 72.8. The summed E-state index contributed by atoms with van der Waals surface area (Å²) in [4.78, 5) is 0. The zero-order valence-corrected chi connectivity index (χ0v) is 29.0. The van der Waals surface area contributed by atoms with Gasteiger partial charge in [0, 0.05) is 16.5 Å². The highest BCUT2D eigenvalue weighted by Crippen LogP contribution is 2.58. The van der Waals surface area contributed by atoms with Crippen LogP contribution in [-0.4, -0.2) is 0 Å². The lowest BCUT2D eigenvalue weighted by atomic mass is 9.63. The Hall–Kier alpha value is -6.44. The largest absolute Gasteiger partial charge is 0.457 e. The van der Waals surface area contributed by atoms with Crippen molar-refractivity contribution in [2.45, 2.75) is 17.8 Å². The maximum atomic E-state index is 6.75. The van der Waals surface area contributed by atoms with Crippen molar-refractivity contribution in [1.82, 2.24) is 0 Å². The van der Waals surface area contributed by atoms with E-state index in [4.69, 9.17) is 4.74 Å². The Bertz CT molecular complexity index is 2560. The fourth-order valence-electron chi connectivity index (χ4n) is 9.19. The lowest BCUT2D eigenvalue weighted by Crippen LogP contribution is -2.34. The van der Waals surface area contributed by atoms with E-state index in [1.165, 1.54) is 55.6 Å². The first-order valence-electron chi connectivity index (χ1n) is 18.1. The summed E-state index contributed by atoms with van der Waals surface area (Å²) in [6.07, 6.45) is 0. The molecule has 2 aliphatic rings. The van der Waals surface area contributed by atoms with E-state index in [-0.39, 0.29) is 5.41 Å². The van der Waals surface area contributed by atoms with E-state index in [9.17, 15) is 0 Å². The zero-order chi connectivity index (χ0) is 34.7. The second kappa shape index (κ2) is 11.8. The third-order valence-electron chi connectivity index (χ3n) is 11.5. The molecule has 8 aromatic carbocycles. The molecule has 1 aliphatic heterocycles. The Labute approximate surface area is 305 Å². The molecule has 8 aromatic rings. The highest BCUT2D eigenvalue weighted by atomic mass is 16.5. The van der Waals surface area contributed by atoms with Crippen LogP contribution < -0.4 is 4.74 Å². The first kappa shape index (κ1) is 30.4. The van der Waals surface area contributed by atoms with E-state index in [0.29, 0.717) is 0 Å². The highest BCUT2D eigenvalue weighted by Gasteiger charge is 2.46. The second-order valence-corrected chi connectivity index (χ2v) is 14.1. The minimum atomic E-state index is -0.581. The lowest BCUT2D eigenvalue weighted by Gasteiger charge is -2.41. The van der Waals surface area contributed by atoms with Gasteiger partial charge in [-0.25, -0.2) is 0 Å². The van der Waals surface area contributed by atoms with Gasteiger partial charge in [0.15, 0.2) is 0 Å². The predicted molar refractivity (Wildman–Crippen MR) is 213 cm³/mol. The van der Waals surface area contributed by atoms with E-state index < -0.39 is 5.41 Å². The van der Waals surface area contributed by atoms with Crippen LogP contribution in [0.5, 0.6) is 11.5 Å². The first-order chi connectivity index (χ1) is 25.7. The summed E-state index contributed by atoms with van der Waals surface area (Å²) in [5.41, 5.74) is 15.3. The smallest absolute Gasteiger partial charge is 0.132 e. The minimum Gasteiger partial charge on any atom is -0.457 e. The maximum absolute atomic E-state index is 6.75. The van der Waals surface area contributed by atoms with Crippen LogP contribution in [-0.2, 0) is 10.8 Å². The molecule has 1 unspecified atom stereocenters. The van der Waals surface area contributed by atoms with Crippen molar-refractivity contribution in [2.75, 3.05) is 0 Å². The Kier molecular flexibility index (Phi) is 6.91. The lowest BCUT2D eigenvalue weighted by molar-refractivity contribution is 0.434. The molecular weight excluding hydrogens is 629 g/mol. The van der Waals surface area contributed by atoms with E-state index in [2.05, 4.69) is 207 Å². The van der Waals surface area contributed by atoms with Gasteiger partial charge in [0.1, 0.15) is 11.5 Å². The normalized spacial score (nSPS) is 16.2. The average molecular weight is 665 g/mol. The van der Waals surface area contributed by atoms with Gasteiger partial charge in [0.05, 0.1) is 5.41 Å². The molecule has 0 radical (unpaired) electrons. The zero-order valence-electron chi connectivity index (χ0n) is 29.0. The Balaban J connectivity index is 1.22. The molecule has 1 atom stereocenters. The Morgan fingerprint density at radius 2 is 0.846 bits per heavy atom. The van der Waals surface area contributed by atoms with Crippen LogP contribution in [0.15, 0.2) is 200 Å². The summed E-state index contributed by atoms with van der Waals surface area (Å²) in [5, 5.41) is 0. The number of fused-ring (bicyclic) bond motifs is 5. The van der Waals surface area contributed by atoms with Crippen molar-refractivity contribution in [3.05, 3.63) is 239 Å². The van der Waals surface area contributed by atoms with Crippen molar-refractivity contribution in [3.8, 4) is 44.9 Å². The fourth-order valence-corrected chi connectivity index (χ4v) is 9.19. The summed E-state index contributed by atoms with van der Waals surface area (Å²) in [5.74, 6) is 1.76. The number of hydrogen-bond acceptors (Lipinski definition) is 1. The third kappa shape index (κ3) is 4.29. The van der Waals surface area contributed by atoms with E-state index >= 15 is 0 Å². The van der Waals surface area contributed by atoms with Gasteiger partial charge in [0.2, 0.25) is 0 Å². The van der Waals surface area contributed by atoms with Crippen molar-refractivity contribution < 1.29 is 4.74 Å².